The molecule has 0 fully saturated rings. The van der Waals surface area contributed by atoms with Crippen molar-refractivity contribution < 1.29 is 9.53 Å². The Kier molecular flexibility index (Phi) is 4.69. The van der Waals surface area contributed by atoms with Crippen molar-refractivity contribution in [3.8, 4) is 0 Å². The molecule has 2 rings (SSSR count). The van der Waals surface area contributed by atoms with E-state index in [1.54, 1.807) is 13.8 Å². The summed E-state index contributed by atoms with van der Waals surface area (Å²) in [6, 6.07) is 7.52. The summed E-state index contributed by atoms with van der Waals surface area (Å²) >= 11 is 5.84. The van der Waals surface area contributed by atoms with Crippen LogP contribution in [0.15, 0.2) is 30.5 Å². The highest BCUT2D eigenvalue weighted by Gasteiger charge is 2.12. The number of esters is 1. The zero-order valence-corrected chi connectivity index (χ0v) is 12.1. The number of aryl methyl sites for hydroxylation is 1. The Labute approximate surface area is 122 Å². The molecule has 0 N–H and O–H groups in total. The first-order valence-corrected chi connectivity index (χ1v) is 6.72. The molecule has 0 saturated carbocycles. The Hall–Kier alpha value is -1.94. The van der Waals surface area contributed by atoms with E-state index in [0.717, 1.165) is 5.56 Å². The van der Waals surface area contributed by atoms with Crippen LogP contribution in [0.4, 0.5) is 0 Å². The van der Waals surface area contributed by atoms with Crippen LogP contribution in [-0.4, -0.2) is 22.5 Å². The third-order valence-electron chi connectivity index (χ3n) is 2.80. The van der Waals surface area contributed by atoms with E-state index in [2.05, 4.69) is 9.97 Å². The maximum absolute atomic E-state index is 11.7. The molecule has 2 aromatic rings. The summed E-state index contributed by atoms with van der Waals surface area (Å²) in [5.41, 5.74) is 2.10. The number of carbonyl (C=O) groups is 1. The van der Waals surface area contributed by atoms with Crippen molar-refractivity contribution in [2.24, 2.45) is 0 Å². The largest absolute Gasteiger partial charge is 0.462 e. The van der Waals surface area contributed by atoms with Gasteiger partial charge in [-0.05, 0) is 31.5 Å². The SMILES string of the molecule is CCOC(=O)c1cnc(Cc2ccc(Cl)cc2)nc1C. The highest BCUT2D eigenvalue weighted by Crippen LogP contribution is 2.13. The van der Waals surface area contributed by atoms with Crippen LogP contribution in [0.2, 0.25) is 5.02 Å². The molecule has 0 unspecified atom stereocenters. The van der Waals surface area contributed by atoms with Crippen molar-refractivity contribution in [3.05, 3.63) is 58.1 Å². The van der Waals surface area contributed by atoms with Gasteiger partial charge in [0.2, 0.25) is 0 Å². The van der Waals surface area contributed by atoms with E-state index < -0.39 is 0 Å². The van der Waals surface area contributed by atoms with Gasteiger partial charge < -0.3 is 4.74 Å². The fourth-order valence-electron chi connectivity index (χ4n) is 1.79. The van der Waals surface area contributed by atoms with E-state index in [1.807, 2.05) is 24.3 Å². The Bertz CT molecular complexity index is 612. The van der Waals surface area contributed by atoms with Gasteiger partial charge in [-0.15, -0.1) is 0 Å². The topological polar surface area (TPSA) is 52.1 Å². The lowest BCUT2D eigenvalue weighted by Crippen LogP contribution is -2.10. The second-order valence-electron chi connectivity index (χ2n) is 4.31. The monoisotopic (exact) mass is 290 g/mol. The molecule has 0 radical (unpaired) electrons. The standard InChI is InChI=1S/C15H15ClN2O2/c1-3-20-15(19)13-9-17-14(18-10(13)2)8-11-4-6-12(16)7-5-11/h4-7,9H,3,8H2,1-2H3. The molecule has 0 bridgehead atoms. The summed E-state index contributed by atoms with van der Waals surface area (Å²) in [5.74, 6) is 0.279. The Morgan fingerprint density at radius 3 is 2.60 bits per heavy atom. The second-order valence-corrected chi connectivity index (χ2v) is 4.75. The van der Waals surface area contributed by atoms with Crippen molar-refractivity contribution >= 4 is 17.6 Å². The van der Waals surface area contributed by atoms with E-state index in [1.165, 1.54) is 6.20 Å². The van der Waals surface area contributed by atoms with Gasteiger partial charge in [0, 0.05) is 17.6 Å². The summed E-state index contributed by atoms with van der Waals surface area (Å²) < 4.78 is 4.95. The minimum atomic E-state index is -0.386. The maximum atomic E-state index is 11.7. The fraction of sp³-hybridized carbons (Fsp3) is 0.267. The normalized spacial score (nSPS) is 10.3. The molecule has 0 aliphatic rings. The predicted octanol–water partition coefficient (Wildman–Crippen LogP) is 3.21. The quantitative estimate of drug-likeness (QED) is 0.811. The van der Waals surface area contributed by atoms with Crippen LogP contribution in [0, 0.1) is 6.92 Å². The highest BCUT2D eigenvalue weighted by molar-refractivity contribution is 6.30. The van der Waals surface area contributed by atoms with Gasteiger partial charge in [0.15, 0.2) is 0 Å². The van der Waals surface area contributed by atoms with Gasteiger partial charge in [-0.2, -0.15) is 0 Å². The van der Waals surface area contributed by atoms with Gasteiger partial charge in [0.05, 0.1) is 17.9 Å². The van der Waals surface area contributed by atoms with Crippen LogP contribution in [-0.2, 0) is 11.2 Å². The Morgan fingerprint density at radius 1 is 1.30 bits per heavy atom. The van der Waals surface area contributed by atoms with E-state index in [4.69, 9.17) is 16.3 Å². The smallest absolute Gasteiger partial charge is 0.341 e. The number of hydrogen-bond acceptors (Lipinski definition) is 4. The van der Waals surface area contributed by atoms with E-state index in [0.29, 0.717) is 35.1 Å². The van der Waals surface area contributed by atoms with Crippen LogP contribution in [0.5, 0.6) is 0 Å². The molecular weight excluding hydrogens is 276 g/mol. The molecule has 4 nitrogen and oxygen atoms in total. The van der Waals surface area contributed by atoms with Gasteiger partial charge in [-0.1, -0.05) is 23.7 Å². The number of carbonyl (C=O) groups excluding carboxylic acids is 1. The van der Waals surface area contributed by atoms with E-state index in [9.17, 15) is 4.79 Å². The molecule has 0 saturated heterocycles. The van der Waals surface area contributed by atoms with Crippen LogP contribution >= 0.6 is 11.6 Å². The lowest BCUT2D eigenvalue weighted by atomic mass is 10.1. The van der Waals surface area contributed by atoms with Crippen molar-refractivity contribution in [3.63, 3.8) is 0 Å². The van der Waals surface area contributed by atoms with Crippen LogP contribution < -0.4 is 0 Å². The third-order valence-corrected chi connectivity index (χ3v) is 3.05. The molecule has 1 aromatic carbocycles. The Morgan fingerprint density at radius 2 is 2.00 bits per heavy atom. The van der Waals surface area contributed by atoms with Gasteiger partial charge in [0.1, 0.15) is 5.82 Å². The number of benzene rings is 1. The molecule has 104 valence electrons. The lowest BCUT2D eigenvalue weighted by molar-refractivity contribution is 0.0524. The molecule has 0 spiro atoms. The number of nitrogens with zero attached hydrogens (tertiary/aromatic N) is 2. The number of ether oxygens (including phenoxy) is 1. The first-order valence-electron chi connectivity index (χ1n) is 6.34. The summed E-state index contributed by atoms with van der Waals surface area (Å²) in [4.78, 5) is 20.2. The first kappa shape index (κ1) is 14.5. The molecule has 1 aromatic heterocycles. The number of rotatable bonds is 4. The Balaban J connectivity index is 2.16. The predicted molar refractivity (Wildman–Crippen MR) is 77.0 cm³/mol. The van der Waals surface area contributed by atoms with Gasteiger partial charge in [0.25, 0.3) is 0 Å². The lowest BCUT2D eigenvalue weighted by Gasteiger charge is -2.06. The van der Waals surface area contributed by atoms with E-state index >= 15 is 0 Å². The second kappa shape index (κ2) is 6.48. The molecule has 1 heterocycles. The molecule has 20 heavy (non-hydrogen) atoms. The molecule has 0 atom stereocenters. The van der Waals surface area contributed by atoms with E-state index in [-0.39, 0.29) is 5.97 Å². The summed E-state index contributed by atoms with van der Waals surface area (Å²) in [5, 5.41) is 0.698. The first-order chi connectivity index (χ1) is 9.60. The molecule has 0 amide bonds. The zero-order chi connectivity index (χ0) is 14.5. The number of aromatic nitrogens is 2. The van der Waals surface area contributed by atoms with Crippen LogP contribution in [0.3, 0.4) is 0 Å². The molecule has 0 aliphatic carbocycles. The fourth-order valence-corrected chi connectivity index (χ4v) is 1.92. The average molecular weight is 291 g/mol. The van der Waals surface area contributed by atoms with Gasteiger partial charge >= 0.3 is 5.97 Å². The third kappa shape index (κ3) is 3.54. The van der Waals surface area contributed by atoms with Crippen LogP contribution in [0.1, 0.15) is 34.4 Å². The number of halogens is 1. The minimum absolute atomic E-state index is 0.338. The number of hydrogen-bond donors (Lipinski definition) is 0. The average Bonchev–Trinajstić information content (AvgIpc) is 2.42. The van der Waals surface area contributed by atoms with Gasteiger partial charge in [-0.25, -0.2) is 14.8 Å². The molecule has 0 aliphatic heterocycles. The summed E-state index contributed by atoms with van der Waals surface area (Å²) in [6.45, 7) is 3.88. The van der Waals surface area contributed by atoms with Crippen LogP contribution in [0.25, 0.3) is 0 Å². The molecule has 5 heteroatoms. The maximum Gasteiger partial charge on any atom is 0.341 e. The van der Waals surface area contributed by atoms with Crippen molar-refractivity contribution in [1.82, 2.24) is 9.97 Å². The molecular formula is C15H15ClN2O2. The van der Waals surface area contributed by atoms with Crippen molar-refractivity contribution in [2.45, 2.75) is 20.3 Å². The van der Waals surface area contributed by atoms with Crippen molar-refractivity contribution in [1.29, 1.82) is 0 Å². The van der Waals surface area contributed by atoms with Gasteiger partial charge in [-0.3, -0.25) is 0 Å². The zero-order valence-electron chi connectivity index (χ0n) is 11.4. The minimum Gasteiger partial charge on any atom is -0.462 e. The summed E-state index contributed by atoms with van der Waals surface area (Å²) in [7, 11) is 0. The van der Waals surface area contributed by atoms with Crippen molar-refractivity contribution in [2.75, 3.05) is 6.61 Å². The highest BCUT2D eigenvalue weighted by atomic mass is 35.5. The summed E-state index contributed by atoms with van der Waals surface area (Å²) in [6.07, 6.45) is 2.12.